The molecule has 0 unspecified atom stereocenters. The number of aromatic carboxylic acids is 1. The van der Waals surface area contributed by atoms with Crippen molar-refractivity contribution in [1.29, 1.82) is 0 Å². The maximum atomic E-state index is 13.1. The molecule has 0 spiro atoms. The van der Waals surface area contributed by atoms with E-state index in [0.717, 1.165) is 17.4 Å². The highest BCUT2D eigenvalue weighted by molar-refractivity contribution is 8.27. The largest absolute Gasteiger partial charge is 0.478 e. The van der Waals surface area contributed by atoms with Gasteiger partial charge in [0.1, 0.15) is 0 Å². The lowest BCUT2D eigenvalue weighted by Crippen LogP contribution is -2.27. The van der Waals surface area contributed by atoms with E-state index in [1.54, 1.807) is 29.9 Å². The van der Waals surface area contributed by atoms with Crippen LogP contribution in [0.5, 0.6) is 0 Å². The molecule has 2 aromatic carbocycles. The van der Waals surface area contributed by atoms with Gasteiger partial charge >= 0.3 is 5.97 Å². The molecule has 0 saturated carbocycles. The van der Waals surface area contributed by atoms with Crippen molar-refractivity contribution in [2.75, 3.05) is 4.90 Å². The van der Waals surface area contributed by atoms with Crippen molar-refractivity contribution in [2.45, 2.75) is 6.92 Å². The van der Waals surface area contributed by atoms with Crippen LogP contribution in [-0.2, 0) is 11.8 Å². The number of thiocarbonyl (C=S) groups is 1. The minimum atomic E-state index is -1.09. The van der Waals surface area contributed by atoms with Crippen molar-refractivity contribution < 1.29 is 14.7 Å². The fraction of sp³-hybridized carbons (Fsp3) is 0.0909. The Labute approximate surface area is 187 Å². The number of carboxylic acid groups (broad SMARTS) is 1. The summed E-state index contributed by atoms with van der Waals surface area (Å²) in [7, 11) is 1.78. The number of carboxylic acids is 1. The number of carbonyl (C=O) groups is 2. The maximum Gasteiger partial charge on any atom is 0.335 e. The zero-order valence-electron chi connectivity index (χ0n) is 16.6. The van der Waals surface area contributed by atoms with E-state index in [1.165, 1.54) is 21.7 Å². The molecule has 1 aliphatic heterocycles. The number of aromatic nitrogens is 2. The lowest BCUT2D eigenvalue weighted by Gasteiger charge is -2.14. The van der Waals surface area contributed by atoms with Gasteiger partial charge < -0.3 is 5.11 Å². The third-order valence-electron chi connectivity index (χ3n) is 5.02. The molecule has 2 heterocycles. The normalized spacial score (nSPS) is 15.2. The van der Waals surface area contributed by atoms with Crippen molar-refractivity contribution in [1.82, 2.24) is 9.36 Å². The molecule has 156 valence electrons. The molecule has 4 rings (SSSR count). The topological polar surface area (TPSA) is 84.5 Å². The second-order valence-electron chi connectivity index (χ2n) is 6.85. The molecular formula is C22H17N3O4S2. The molecule has 0 radical (unpaired) electrons. The fourth-order valence-corrected chi connectivity index (χ4v) is 4.64. The van der Waals surface area contributed by atoms with Gasteiger partial charge in [-0.25, -0.2) is 9.48 Å². The SMILES string of the molecule is Cc1c(/C=C2\SC(=S)N(c3cccc(C(=O)O)c3)C2=O)c(=O)n(-c2ccccc2)n1C. The molecule has 1 N–H and O–H groups in total. The molecule has 31 heavy (non-hydrogen) atoms. The second-order valence-corrected chi connectivity index (χ2v) is 8.52. The Morgan fingerprint density at radius 1 is 1.06 bits per heavy atom. The third-order valence-corrected chi connectivity index (χ3v) is 6.32. The highest BCUT2D eigenvalue weighted by Crippen LogP contribution is 2.36. The molecule has 1 saturated heterocycles. The molecule has 7 nitrogen and oxygen atoms in total. The molecule has 1 aliphatic rings. The standard InChI is InChI=1S/C22H17N3O4S2/c1-13-17(19(26)25(23(13)2)15-8-4-3-5-9-15)12-18-20(27)24(22(30)31-18)16-10-6-7-14(11-16)21(28)29/h3-12H,1-2H3,(H,28,29)/b18-12-. The van der Waals surface area contributed by atoms with Crippen LogP contribution in [0.15, 0.2) is 64.3 Å². The molecule has 3 aromatic rings. The lowest BCUT2D eigenvalue weighted by molar-refractivity contribution is -0.113. The van der Waals surface area contributed by atoms with Crippen LogP contribution in [0, 0.1) is 6.92 Å². The monoisotopic (exact) mass is 451 g/mol. The number of rotatable bonds is 4. The summed E-state index contributed by atoms with van der Waals surface area (Å²) < 4.78 is 3.55. The average Bonchev–Trinajstić information content (AvgIpc) is 3.15. The van der Waals surface area contributed by atoms with Crippen molar-refractivity contribution in [2.24, 2.45) is 7.05 Å². The molecule has 0 atom stereocenters. The molecule has 1 fully saturated rings. The first-order valence-electron chi connectivity index (χ1n) is 9.25. The number of hydrogen-bond donors (Lipinski definition) is 1. The molecule has 0 aliphatic carbocycles. The van der Waals surface area contributed by atoms with E-state index in [0.29, 0.717) is 21.8 Å². The highest BCUT2D eigenvalue weighted by Gasteiger charge is 2.34. The van der Waals surface area contributed by atoms with E-state index in [1.807, 2.05) is 37.3 Å². The Morgan fingerprint density at radius 2 is 1.74 bits per heavy atom. The zero-order chi connectivity index (χ0) is 22.3. The van der Waals surface area contributed by atoms with Crippen LogP contribution in [0.1, 0.15) is 21.6 Å². The number of thioether (sulfide) groups is 1. The van der Waals surface area contributed by atoms with Gasteiger partial charge in [0, 0.05) is 12.7 Å². The molecule has 9 heteroatoms. The second kappa shape index (κ2) is 8.01. The summed E-state index contributed by atoms with van der Waals surface area (Å²) in [6.07, 6.45) is 1.55. The molecular weight excluding hydrogens is 434 g/mol. The number of hydrogen-bond acceptors (Lipinski definition) is 5. The summed E-state index contributed by atoms with van der Waals surface area (Å²) in [5.41, 5.74) is 2.00. The summed E-state index contributed by atoms with van der Waals surface area (Å²) in [6.45, 7) is 1.81. The minimum Gasteiger partial charge on any atom is -0.478 e. The van der Waals surface area contributed by atoms with Gasteiger partial charge in [-0.15, -0.1) is 0 Å². The van der Waals surface area contributed by atoms with Crippen molar-refractivity contribution >= 4 is 51.9 Å². The van der Waals surface area contributed by atoms with Gasteiger partial charge in [-0.1, -0.05) is 48.2 Å². The van der Waals surface area contributed by atoms with Crippen molar-refractivity contribution in [3.8, 4) is 5.69 Å². The Balaban J connectivity index is 1.75. The molecule has 0 bridgehead atoms. The Bertz CT molecular complexity index is 1320. The lowest BCUT2D eigenvalue weighted by atomic mass is 10.2. The summed E-state index contributed by atoms with van der Waals surface area (Å²) in [4.78, 5) is 39.1. The first-order valence-corrected chi connectivity index (χ1v) is 10.5. The van der Waals surface area contributed by atoms with Crippen LogP contribution >= 0.6 is 24.0 Å². The van der Waals surface area contributed by atoms with E-state index >= 15 is 0 Å². The zero-order valence-corrected chi connectivity index (χ0v) is 18.2. The number of amides is 1. The number of nitrogens with zero attached hydrogens (tertiary/aromatic N) is 3. The smallest absolute Gasteiger partial charge is 0.335 e. The maximum absolute atomic E-state index is 13.1. The van der Waals surface area contributed by atoms with Crippen molar-refractivity contribution in [3.05, 3.63) is 86.7 Å². The fourth-order valence-electron chi connectivity index (χ4n) is 3.35. The van der Waals surface area contributed by atoms with E-state index < -0.39 is 11.9 Å². The predicted molar refractivity (Wildman–Crippen MR) is 125 cm³/mol. The first kappa shape index (κ1) is 20.8. The number of benzene rings is 2. The third kappa shape index (κ3) is 3.62. The van der Waals surface area contributed by atoms with Gasteiger partial charge in [-0.05, 0) is 43.3 Å². The number of carbonyl (C=O) groups excluding carboxylic acids is 1. The quantitative estimate of drug-likeness (QED) is 0.482. The number of anilines is 1. The van der Waals surface area contributed by atoms with E-state index in [2.05, 4.69) is 0 Å². The van der Waals surface area contributed by atoms with Gasteiger partial charge in [0.15, 0.2) is 4.32 Å². The van der Waals surface area contributed by atoms with Crippen LogP contribution < -0.4 is 10.5 Å². The first-order chi connectivity index (χ1) is 14.8. The Morgan fingerprint density at radius 3 is 2.42 bits per heavy atom. The van der Waals surface area contributed by atoms with Crippen LogP contribution in [0.2, 0.25) is 0 Å². The van der Waals surface area contributed by atoms with E-state index in [-0.39, 0.29) is 15.4 Å². The van der Waals surface area contributed by atoms with Gasteiger partial charge in [0.25, 0.3) is 11.5 Å². The van der Waals surface area contributed by atoms with E-state index in [4.69, 9.17) is 12.2 Å². The van der Waals surface area contributed by atoms with Gasteiger partial charge in [0.05, 0.1) is 27.4 Å². The van der Waals surface area contributed by atoms with Gasteiger partial charge in [-0.2, -0.15) is 0 Å². The van der Waals surface area contributed by atoms with E-state index in [9.17, 15) is 19.5 Å². The Hall–Kier alpha value is -3.43. The summed E-state index contributed by atoms with van der Waals surface area (Å²) in [5.74, 6) is -1.49. The van der Waals surface area contributed by atoms with Gasteiger partial charge in [0.2, 0.25) is 0 Å². The summed E-state index contributed by atoms with van der Waals surface area (Å²) in [6, 6.07) is 15.2. The summed E-state index contributed by atoms with van der Waals surface area (Å²) >= 11 is 6.44. The van der Waals surface area contributed by atoms with Gasteiger partial charge in [-0.3, -0.25) is 19.2 Å². The van der Waals surface area contributed by atoms with Crippen LogP contribution in [0.25, 0.3) is 11.8 Å². The number of para-hydroxylation sites is 1. The minimum absolute atomic E-state index is 0.0557. The van der Waals surface area contributed by atoms with Crippen LogP contribution in [0.4, 0.5) is 5.69 Å². The predicted octanol–water partition coefficient (Wildman–Crippen LogP) is 3.59. The molecule has 1 amide bonds. The van der Waals surface area contributed by atoms with Crippen LogP contribution in [-0.4, -0.2) is 30.7 Å². The highest BCUT2D eigenvalue weighted by atomic mass is 32.2. The van der Waals surface area contributed by atoms with Crippen LogP contribution in [0.3, 0.4) is 0 Å². The molecule has 1 aromatic heterocycles. The van der Waals surface area contributed by atoms with Crippen molar-refractivity contribution in [3.63, 3.8) is 0 Å². The average molecular weight is 452 g/mol. The summed E-state index contributed by atoms with van der Waals surface area (Å²) in [5, 5.41) is 9.22. The Kier molecular flexibility index (Phi) is 5.38.